The minimum atomic E-state index is -0.454. The molecule has 0 saturated carbocycles. The number of carbonyl (C=O) groups is 1. The van der Waals surface area contributed by atoms with Crippen LogP contribution in [-0.2, 0) is 4.79 Å². The summed E-state index contributed by atoms with van der Waals surface area (Å²) in [4.78, 5) is 12.4. The summed E-state index contributed by atoms with van der Waals surface area (Å²) in [6.45, 7) is 0.974. The van der Waals surface area contributed by atoms with Crippen LogP contribution in [0.1, 0.15) is 0 Å². The van der Waals surface area contributed by atoms with E-state index in [9.17, 15) is 4.79 Å². The second-order valence-electron chi connectivity index (χ2n) is 3.26. The molecular formula is C10H12N2O2. The van der Waals surface area contributed by atoms with E-state index in [2.05, 4.69) is 0 Å². The zero-order chi connectivity index (χ0) is 9.97. The van der Waals surface area contributed by atoms with Crippen LogP contribution in [0.25, 0.3) is 0 Å². The van der Waals surface area contributed by atoms with E-state index in [1.54, 1.807) is 0 Å². The Labute approximate surface area is 82.3 Å². The highest BCUT2D eigenvalue weighted by atomic mass is 16.5. The molecule has 1 atom stereocenters. The standard InChI is InChI=1S/C10H12N2O2/c11-8(6-13)5-12-7-14-10-4-2-1-3-9(10)12/h1-4,6,8H,5,7,11H2. The van der Waals surface area contributed by atoms with Crippen LogP contribution in [0.4, 0.5) is 5.69 Å². The molecule has 1 aromatic rings. The van der Waals surface area contributed by atoms with Gasteiger partial charge in [0.2, 0.25) is 0 Å². The van der Waals surface area contributed by atoms with Crippen molar-refractivity contribution in [3.63, 3.8) is 0 Å². The van der Waals surface area contributed by atoms with Crippen molar-refractivity contribution in [2.45, 2.75) is 6.04 Å². The summed E-state index contributed by atoms with van der Waals surface area (Å²) in [5.74, 6) is 0.852. The molecule has 1 aliphatic rings. The lowest BCUT2D eigenvalue weighted by molar-refractivity contribution is -0.108. The number of para-hydroxylation sites is 2. The predicted molar refractivity (Wildman–Crippen MR) is 53.3 cm³/mol. The molecule has 0 saturated heterocycles. The van der Waals surface area contributed by atoms with Gasteiger partial charge < -0.3 is 20.2 Å². The highest BCUT2D eigenvalue weighted by Gasteiger charge is 2.20. The van der Waals surface area contributed by atoms with Crippen molar-refractivity contribution in [3.8, 4) is 5.75 Å². The number of hydrogen-bond acceptors (Lipinski definition) is 4. The maximum Gasteiger partial charge on any atom is 0.161 e. The molecule has 0 radical (unpaired) electrons. The molecule has 1 heterocycles. The average molecular weight is 192 g/mol. The second-order valence-corrected chi connectivity index (χ2v) is 3.26. The van der Waals surface area contributed by atoms with Gasteiger partial charge in [-0.25, -0.2) is 0 Å². The van der Waals surface area contributed by atoms with Crippen molar-refractivity contribution in [3.05, 3.63) is 24.3 Å². The van der Waals surface area contributed by atoms with Gasteiger partial charge in [0.05, 0.1) is 11.7 Å². The third-order valence-corrected chi connectivity index (χ3v) is 2.19. The monoisotopic (exact) mass is 192 g/mol. The van der Waals surface area contributed by atoms with Gasteiger partial charge in [-0.2, -0.15) is 0 Å². The van der Waals surface area contributed by atoms with Crippen LogP contribution in [0.5, 0.6) is 5.75 Å². The number of nitrogens with two attached hydrogens (primary N) is 1. The van der Waals surface area contributed by atoms with Gasteiger partial charge in [0.15, 0.2) is 6.73 Å². The van der Waals surface area contributed by atoms with E-state index in [1.807, 2.05) is 29.2 Å². The Balaban J connectivity index is 2.14. The first-order valence-corrected chi connectivity index (χ1v) is 4.49. The van der Waals surface area contributed by atoms with E-state index in [-0.39, 0.29) is 0 Å². The highest BCUT2D eigenvalue weighted by Crippen LogP contribution is 2.32. The number of benzene rings is 1. The molecule has 1 aromatic carbocycles. The van der Waals surface area contributed by atoms with E-state index < -0.39 is 6.04 Å². The number of ether oxygens (including phenoxy) is 1. The molecule has 0 aliphatic carbocycles. The van der Waals surface area contributed by atoms with Crippen LogP contribution in [0.3, 0.4) is 0 Å². The van der Waals surface area contributed by atoms with Crippen molar-refractivity contribution >= 4 is 12.0 Å². The van der Waals surface area contributed by atoms with Crippen molar-refractivity contribution in [2.75, 3.05) is 18.2 Å². The largest absolute Gasteiger partial charge is 0.471 e. The molecule has 2 rings (SSSR count). The zero-order valence-corrected chi connectivity index (χ0v) is 7.72. The van der Waals surface area contributed by atoms with Gasteiger partial charge in [-0.3, -0.25) is 0 Å². The fraction of sp³-hybridized carbons (Fsp3) is 0.300. The minimum Gasteiger partial charge on any atom is -0.471 e. The number of aldehydes is 1. The fourth-order valence-corrected chi connectivity index (χ4v) is 1.51. The minimum absolute atomic E-state index is 0.454. The Morgan fingerprint density at radius 2 is 2.36 bits per heavy atom. The van der Waals surface area contributed by atoms with Crippen LogP contribution in [0.2, 0.25) is 0 Å². The number of carbonyl (C=O) groups excluding carboxylic acids is 1. The van der Waals surface area contributed by atoms with Crippen LogP contribution in [-0.4, -0.2) is 25.6 Å². The van der Waals surface area contributed by atoms with Crippen molar-refractivity contribution in [1.29, 1.82) is 0 Å². The number of fused-ring (bicyclic) bond motifs is 1. The molecule has 14 heavy (non-hydrogen) atoms. The van der Waals surface area contributed by atoms with Gasteiger partial charge in [-0.05, 0) is 12.1 Å². The summed E-state index contributed by atoms with van der Waals surface area (Å²) < 4.78 is 5.41. The van der Waals surface area contributed by atoms with Gasteiger partial charge in [-0.15, -0.1) is 0 Å². The zero-order valence-electron chi connectivity index (χ0n) is 7.72. The molecule has 2 N–H and O–H groups in total. The number of rotatable bonds is 3. The second kappa shape index (κ2) is 3.67. The normalized spacial score (nSPS) is 15.9. The Morgan fingerprint density at radius 1 is 1.57 bits per heavy atom. The molecule has 0 fully saturated rings. The molecular weight excluding hydrogens is 180 g/mol. The number of anilines is 1. The molecule has 1 aliphatic heterocycles. The predicted octanol–water partition coefficient (Wildman–Crippen LogP) is 0.369. The third-order valence-electron chi connectivity index (χ3n) is 2.19. The van der Waals surface area contributed by atoms with Crippen LogP contribution in [0, 0.1) is 0 Å². The third kappa shape index (κ3) is 1.56. The van der Waals surface area contributed by atoms with Gasteiger partial charge in [0.1, 0.15) is 12.0 Å². The van der Waals surface area contributed by atoms with Crippen LogP contribution >= 0.6 is 0 Å². The van der Waals surface area contributed by atoms with Crippen LogP contribution < -0.4 is 15.4 Å². The number of hydrogen-bond donors (Lipinski definition) is 1. The summed E-state index contributed by atoms with van der Waals surface area (Å²) >= 11 is 0. The average Bonchev–Trinajstić information content (AvgIpc) is 2.62. The molecule has 0 spiro atoms. The van der Waals surface area contributed by atoms with Gasteiger partial charge in [0, 0.05) is 6.54 Å². The van der Waals surface area contributed by atoms with E-state index in [0.717, 1.165) is 17.7 Å². The SMILES string of the molecule is NC(C=O)CN1COc2ccccc21. The molecule has 4 heteroatoms. The molecule has 0 amide bonds. The lowest BCUT2D eigenvalue weighted by Crippen LogP contribution is -2.38. The summed E-state index contributed by atoms with van der Waals surface area (Å²) in [6.07, 6.45) is 0.751. The smallest absolute Gasteiger partial charge is 0.161 e. The van der Waals surface area contributed by atoms with Gasteiger partial charge in [-0.1, -0.05) is 12.1 Å². The van der Waals surface area contributed by atoms with Crippen molar-refractivity contribution in [2.24, 2.45) is 5.73 Å². The first-order valence-electron chi connectivity index (χ1n) is 4.49. The highest BCUT2D eigenvalue weighted by molar-refractivity contribution is 5.64. The van der Waals surface area contributed by atoms with E-state index >= 15 is 0 Å². The quantitative estimate of drug-likeness (QED) is 0.703. The summed E-state index contributed by atoms with van der Waals surface area (Å²) in [5, 5.41) is 0. The number of nitrogens with zero attached hydrogens (tertiary/aromatic N) is 1. The Hall–Kier alpha value is -1.55. The first kappa shape index (κ1) is 9.02. The maximum atomic E-state index is 10.4. The molecule has 0 bridgehead atoms. The van der Waals surface area contributed by atoms with Crippen LogP contribution in [0.15, 0.2) is 24.3 Å². The Bertz CT molecular complexity index is 341. The maximum absolute atomic E-state index is 10.4. The molecule has 74 valence electrons. The summed E-state index contributed by atoms with van der Waals surface area (Å²) in [5.41, 5.74) is 6.55. The topological polar surface area (TPSA) is 55.6 Å². The van der Waals surface area contributed by atoms with Gasteiger partial charge in [0.25, 0.3) is 0 Å². The Morgan fingerprint density at radius 3 is 3.14 bits per heavy atom. The summed E-state index contributed by atoms with van der Waals surface area (Å²) in [7, 11) is 0. The lowest BCUT2D eigenvalue weighted by Gasteiger charge is -2.17. The molecule has 4 nitrogen and oxygen atoms in total. The van der Waals surface area contributed by atoms with E-state index in [1.165, 1.54) is 0 Å². The fourth-order valence-electron chi connectivity index (χ4n) is 1.51. The van der Waals surface area contributed by atoms with E-state index in [0.29, 0.717) is 13.3 Å². The molecule has 1 unspecified atom stereocenters. The lowest BCUT2D eigenvalue weighted by atomic mass is 10.2. The summed E-state index contributed by atoms with van der Waals surface area (Å²) in [6, 6.07) is 7.26. The van der Waals surface area contributed by atoms with E-state index in [4.69, 9.17) is 10.5 Å². The Kier molecular flexibility index (Phi) is 2.37. The van der Waals surface area contributed by atoms with Crippen molar-refractivity contribution < 1.29 is 9.53 Å². The van der Waals surface area contributed by atoms with Gasteiger partial charge >= 0.3 is 0 Å². The first-order chi connectivity index (χ1) is 6.81. The van der Waals surface area contributed by atoms with Crippen molar-refractivity contribution in [1.82, 2.24) is 0 Å². The molecule has 0 aromatic heterocycles.